The number of amides is 1. The predicted octanol–water partition coefficient (Wildman–Crippen LogP) is 4.05. The maximum Gasteiger partial charge on any atom is 0.238 e. The normalized spacial score (nSPS) is 17.3. The molecule has 1 aromatic carbocycles. The number of furan rings is 1. The molecule has 1 amide bonds. The van der Waals surface area contributed by atoms with Crippen LogP contribution in [-0.2, 0) is 11.3 Å². The lowest BCUT2D eigenvalue weighted by molar-refractivity contribution is -0.120. The zero-order valence-electron chi connectivity index (χ0n) is 15.8. The minimum absolute atomic E-state index is 0.0790. The van der Waals surface area contributed by atoms with Gasteiger partial charge in [0.05, 0.1) is 12.8 Å². The van der Waals surface area contributed by atoms with Gasteiger partial charge in [-0.1, -0.05) is 23.9 Å². The van der Waals surface area contributed by atoms with Crippen LogP contribution in [0.25, 0.3) is 0 Å². The van der Waals surface area contributed by atoms with Gasteiger partial charge < -0.3 is 9.73 Å². The van der Waals surface area contributed by atoms with E-state index in [1.807, 2.05) is 16.7 Å². The van der Waals surface area contributed by atoms with Crippen LogP contribution >= 0.6 is 11.8 Å². The molecule has 2 aromatic heterocycles. The number of hydrogen-bond donors (Lipinski definition) is 1. The van der Waals surface area contributed by atoms with Crippen molar-refractivity contribution in [1.82, 2.24) is 20.1 Å². The largest absolute Gasteiger partial charge is 0.467 e. The third-order valence-corrected chi connectivity index (χ3v) is 6.37. The highest BCUT2D eigenvalue weighted by molar-refractivity contribution is 8.00. The van der Waals surface area contributed by atoms with Gasteiger partial charge in [-0.2, -0.15) is 0 Å². The molecule has 1 atom stereocenters. The third kappa shape index (κ3) is 4.22. The van der Waals surface area contributed by atoms with Gasteiger partial charge in [0.2, 0.25) is 5.91 Å². The van der Waals surface area contributed by atoms with Crippen molar-refractivity contribution < 1.29 is 13.6 Å². The molecule has 8 heteroatoms. The molecule has 29 heavy (non-hydrogen) atoms. The number of nitrogens with one attached hydrogen (secondary N) is 1. The van der Waals surface area contributed by atoms with Gasteiger partial charge in [-0.15, -0.1) is 10.2 Å². The molecule has 0 aliphatic heterocycles. The molecule has 0 bridgehead atoms. The van der Waals surface area contributed by atoms with E-state index in [9.17, 15) is 9.18 Å². The number of nitrogens with zero attached hydrogens (tertiary/aromatic N) is 3. The average molecular weight is 412 g/mol. The van der Waals surface area contributed by atoms with E-state index in [1.54, 1.807) is 18.4 Å². The van der Waals surface area contributed by atoms with Crippen LogP contribution in [0.3, 0.4) is 0 Å². The molecule has 2 saturated carbocycles. The van der Waals surface area contributed by atoms with E-state index in [4.69, 9.17) is 4.42 Å². The lowest BCUT2D eigenvalue weighted by Crippen LogP contribution is -2.30. The molecule has 0 radical (unpaired) electrons. The Labute approximate surface area is 171 Å². The van der Waals surface area contributed by atoms with Crippen molar-refractivity contribution in [1.29, 1.82) is 0 Å². The van der Waals surface area contributed by atoms with E-state index in [2.05, 4.69) is 15.5 Å². The van der Waals surface area contributed by atoms with E-state index in [0.717, 1.165) is 42.8 Å². The summed E-state index contributed by atoms with van der Waals surface area (Å²) in [7, 11) is 0. The summed E-state index contributed by atoms with van der Waals surface area (Å²) in [5, 5.41) is 12.0. The zero-order valence-corrected chi connectivity index (χ0v) is 16.6. The van der Waals surface area contributed by atoms with Crippen LogP contribution in [0.1, 0.15) is 54.0 Å². The maximum absolute atomic E-state index is 13.4. The molecule has 2 aliphatic rings. The average Bonchev–Trinajstić information content (AvgIpc) is 3.64. The Morgan fingerprint density at radius 1 is 1.21 bits per heavy atom. The van der Waals surface area contributed by atoms with Gasteiger partial charge in [-0.05, 0) is 55.5 Å². The molecular weight excluding hydrogens is 391 g/mol. The number of carbonyl (C=O) groups excluding carboxylic acids is 1. The standard InChI is InChI=1S/C21H21FN4O2S/c22-15-7-5-13(6-8-15)18(20(27)23-16-9-10-16)29-21-25-24-19(14-3-4-14)26(21)12-17-2-1-11-28-17/h1-2,5-8,11,14,16,18H,3-4,9-10,12H2,(H,23,27). The van der Waals surface area contributed by atoms with Crippen molar-refractivity contribution in [3.63, 3.8) is 0 Å². The van der Waals surface area contributed by atoms with Gasteiger partial charge in [0.25, 0.3) is 0 Å². The number of benzene rings is 1. The zero-order chi connectivity index (χ0) is 19.8. The molecule has 0 saturated heterocycles. The molecule has 150 valence electrons. The lowest BCUT2D eigenvalue weighted by atomic mass is 10.1. The van der Waals surface area contributed by atoms with Gasteiger partial charge in [0, 0.05) is 12.0 Å². The quantitative estimate of drug-likeness (QED) is 0.565. The van der Waals surface area contributed by atoms with Gasteiger partial charge in [-0.3, -0.25) is 9.36 Å². The Morgan fingerprint density at radius 2 is 2.00 bits per heavy atom. The van der Waals surface area contributed by atoms with Crippen LogP contribution < -0.4 is 5.32 Å². The number of aromatic nitrogens is 3. The monoisotopic (exact) mass is 412 g/mol. The van der Waals surface area contributed by atoms with Crippen molar-refractivity contribution in [2.45, 2.75) is 54.6 Å². The Bertz CT molecular complexity index is 994. The molecule has 2 aliphatic carbocycles. The van der Waals surface area contributed by atoms with Crippen LogP contribution in [0.5, 0.6) is 0 Å². The predicted molar refractivity (Wildman–Crippen MR) is 106 cm³/mol. The summed E-state index contributed by atoms with van der Waals surface area (Å²) in [5.74, 6) is 1.76. The minimum Gasteiger partial charge on any atom is -0.467 e. The van der Waals surface area contributed by atoms with E-state index in [-0.39, 0.29) is 17.8 Å². The number of halogens is 1. The number of hydrogen-bond acceptors (Lipinski definition) is 5. The smallest absolute Gasteiger partial charge is 0.238 e. The molecule has 2 fully saturated rings. The first-order valence-electron chi connectivity index (χ1n) is 9.85. The minimum atomic E-state index is -0.525. The number of thioether (sulfide) groups is 1. The summed E-state index contributed by atoms with van der Waals surface area (Å²) >= 11 is 1.35. The summed E-state index contributed by atoms with van der Waals surface area (Å²) in [6, 6.07) is 10.1. The highest BCUT2D eigenvalue weighted by Gasteiger charge is 2.34. The number of rotatable bonds is 8. The van der Waals surface area contributed by atoms with Gasteiger partial charge >= 0.3 is 0 Å². The first kappa shape index (κ1) is 18.4. The SMILES string of the molecule is O=C(NC1CC1)C(Sc1nnc(C2CC2)n1Cc1ccco1)c1ccc(F)cc1. The molecule has 0 spiro atoms. The van der Waals surface area contributed by atoms with Crippen molar-refractivity contribution in [3.05, 3.63) is 65.6 Å². The molecule has 3 aromatic rings. The molecule has 1 unspecified atom stereocenters. The summed E-state index contributed by atoms with van der Waals surface area (Å²) < 4.78 is 21.0. The van der Waals surface area contributed by atoms with Crippen molar-refractivity contribution in [3.8, 4) is 0 Å². The lowest BCUT2D eigenvalue weighted by Gasteiger charge is -2.17. The summed E-state index contributed by atoms with van der Waals surface area (Å²) in [5.41, 5.74) is 0.745. The van der Waals surface area contributed by atoms with Gasteiger partial charge in [-0.25, -0.2) is 4.39 Å². The first-order chi connectivity index (χ1) is 14.2. The second-order valence-electron chi connectivity index (χ2n) is 7.61. The molecular formula is C21H21FN4O2S. The highest BCUT2D eigenvalue weighted by atomic mass is 32.2. The van der Waals surface area contributed by atoms with Crippen molar-refractivity contribution >= 4 is 17.7 Å². The van der Waals surface area contributed by atoms with Crippen LogP contribution in [0.15, 0.2) is 52.2 Å². The fourth-order valence-corrected chi connectivity index (χ4v) is 4.31. The van der Waals surface area contributed by atoms with Gasteiger partial charge in [0.15, 0.2) is 5.16 Å². The summed E-state index contributed by atoms with van der Waals surface area (Å²) in [4.78, 5) is 13.0. The third-order valence-electron chi connectivity index (χ3n) is 5.14. The van der Waals surface area contributed by atoms with Crippen LogP contribution in [0.4, 0.5) is 4.39 Å². The molecule has 6 nitrogen and oxygen atoms in total. The summed E-state index contributed by atoms with van der Waals surface area (Å²) in [6.07, 6.45) is 5.86. The van der Waals surface area contributed by atoms with E-state index in [0.29, 0.717) is 17.6 Å². The number of carbonyl (C=O) groups is 1. The van der Waals surface area contributed by atoms with Crippen molar-refractivity contribution in [2.75, 3.05) is 0 Å². The summed E-state index contributed by atoms with van der Waals surface area (Å²) in [6.45, 7) is 0.522. The molecule has 2 heterocycles. The Kier molecular flexibility index (Phi) is 4.87. The van der Waals surface area contributed by atoms with Crippen LogP contribution in [-0.4, -0.2) is 26.7 Å². The maximum atomic E-state index is 13.4. The molecule has 5 rings (SSSR count). The van der Waals surface area contributed by atoms with Crippen molar-refractivity contribution in [2.24, 2.45) is 0 Å². The van der Waals surface area contributed by atoms with E-state index in [1.165, 1.54) is 23.9 Å². The second-order valence-corrected chi connectivity index (χ2v) is 8.69. The Balaban J connectivity index is 1.46. The fourth-order valence-electron chi connectivity index (χ4n) is 3.26. The molecule has 1 N–H and O–H groups in total. The van der Waals surface area contributed by atoms with E-state index >= 15 is 0 Å². The first-order valence-corrected chi connectivity index (χ1v) is 10.7. The topological polar surface area (TPSA) is 73.0 Å². The fraction of sp³-hybridized carbons (Fsp3) is 0.381. The second kappa shape index (κ2) is 7.67. The Morgan fingerprint density at radius 3 is 2.66 bits per heavy atom. The van der Waals surface area contributed by atoms with Crippen LogP contribution in [0, 0.1) is 5.82 Å². The van der Waals surface area contributed by atoms with E-state index < -0.39 is 5.25 Å². The van der Waals surface area contributed by atoms with Crippen LogP contribution in [0.2, 0.25) is 0 Å². The van der Waals surface area contributed by atoms with Gasteiger partial charge in [0.1, 0.15) is 22.7 Å². The Hall–Kier alpha value is -2.61. The highest BCUT2D eigenvalue weighted by Crippen LogP contribution is 2.42.